The number of nitrogens with zero attached hydrogens (tertiary/aromatic N) is 2. The number of nitrogens with one attached hydrogen (secondary N) is 2. The molecule has 42 heavy (non-hydrogen) atoms. The summed E-state index contributed by atoms with van der Waals surface area (Å²) in [6.45, 7) is 6.41. The first-order chi connectivity index (χ1) is 20.0. The summed E-state index contributed by atoms with van der Waals surface area (Å²) in [5.41, 5.74) is 1.95. The summed E-state index contributed by atoms with van der Waals surface area (Å²) >= 11 is 0. The number of esters is 1. The molecule has 11 heteroatoms. The van der Waals surface area contributed by atoms with Gasteiger partial charge in [-0.1, -0.05) is 52.9 Å². The SMILES string of the molecule is CNC(C(=O)N1CCCC1C(=O)OC)C(C)(C)C.COc1ccc2nc(CCCCCC3CC3)c(=O)[nH]c2c1.O=CO. The van der Waals surface area contributed by atoms with Crippen LogP contribution in [0.5, 0.6) is 5.75 Å². The molecule has 2 aromatic rings. The van der Waals surface area contributed by atoms with Gasteiger partial charge in [0.1, 0.15) is 17.5 Å². The molecule has 2 aliphatic rings. The van der Waals surface area contributed by atoms with E-state index in [1.807, 2.05) is 39.0 Å². The third kappa shape index (κ3) is 10.4. The van der Waals surface area contributed by atoms with Crippen molar-refractivity contribution in [3.63, 3.8) is 0 Å². The van der Waals surface area contributed by atoms with Crippen molar-refractivity contribution in [2.45, 2.75) is 90.6 Å². The number of carboxylic acid groups (broad SMARTS) is 1. The molecule has 234 valence electrons. The molecule has 1 aliphatic carbocycles. The third-order valence-electron chi connectivity index (χ3n) is 7.60. The monoisotopic (exact) mass is 588 g/mol. The predicted molar refractivity (Wildman–Crippen MR) is 162 cm³/mol. The molecule has 1 amide bonds. The lowest BCUT2D eigenvalue weighted by Crippen LogP contribution is -2.54. The molecule has 0 bridgehead atoms. The van der Waals surface area contributed by atoms with Crippen LogP contribution in [0.4, 0.5) is 0 Å². The summed E-state index contributed by atoms with van der Waals surface area (Å²) in [5, 5.41) is 9.94. The van der Waals surface area contributed by atoms with Crippen molar-refractivity contribution in [2.24, 2.45) is 11.3 Å². The van der Waals surface area contributed by atoms with Gasteiger partial charge in [0.15, 0.2) is 0 Å². The van der Waals surface area contributed by atoms with E-state index in [9.17, 15) is 14.4 Å². The van der Waals surface area contributed by atoms with Gasteiger partial charge in [-0.2, -0.15) is 0 Å². The highest BCUT2D eigenvalue weighted by molar-refractivity contribution is 5.88. The molecule has 1 saturated carbocycles. The van der Waals surface area contributed by atoms with Crippen molar-refractivity contribution in [2.75, 3.05) is 27.8 Å². The Morgan fingerprint density at radius 2 is 1.88 bits per heavy atom. The fourth-order valence-corrected chi connectivity index (χ4v) is 5.21. The van der Waals surface area contributed by atoms with Gasteiger partial charge in [-0.05, 0) is 56.2 Å². The van der Waals surface area contributed by atoms with Crippen molar-refractivity contribution < 1.29 is 29.0 Å². The number of aromatic nitrogens is 2. The number of aryl methyl sites for hydroxylation is 1. The Morgan fingerprint density at radius 1 is 1.19 bits per heavy atom. The van der Waals surface area contributed by atoms with Gasteiger partial charge in [0.2, 0.25) is 5.91 Å². The number of fused-ring (bicyclic) bond motifs is 1. The Balaban J connectivity index is 0.000000272. The van der Waals surface area contributed by atoms with Crippen LogP contribution in [0.2, 0.25) is 0 Å². The van der Waals surface area contributed by atoms with E-state index in [1.165, 1.54) is 39.2 Å². The number of unbranched alkanes of at least 4 members (excludes halogenated alkanes) is 2. The number of ether oxygens (including phenoxy) is 2. The summed E-state index contributed by atoms with van der Waals surface area (Å²) in [5.74, 6) is 1.40. The number of hydrogen-bond donors (Lipinski definition) is 3. The maximum Gasteiger partial charge on any atom is 0.328 e. The number of hydrogen-bond acceptors (Lipinski definition) is 8. The molecule has 11 nitrogen and oxygen atoms in total. The van der Waals surface area contributed by atoms with Gasteiger partial charge in [-0.3, -0.25) is 14.4 Å². The molecular weight excluding hydrogens is 540 g/mol. The minimum atomic E-state index is -0.416. The van der Waals surface area contributed by atoms with Gasteiger partial charge in [0.25, 0.3) is 12.0 Å². The predicted octanol–water partition coefficient (Wildman–Crippen LogP) is 3.93. The van der Waals surface area contributed by atoms with Crippen molar-refractivity contribution in [3.8, 4) is 5.75 Å². The van der Waals surface area contributed by atoms with Crippen LogP contribution in [0.3, 0.4) is 0 Å². The summed E-state index contributed by atoms with van der Waals surface area (Å²) in [6.07, 6.45) is 10.1. The molecule has 1 saturated heterocycles. The lowest BCUT2D eigenvalue weighted by Gasteiger charge is -2.34. The molecule has 4 rings (SSSR count). The first-order valence-electron chi connectivity index (χ1n) is 14.7. The van der Waals surface area contributed by atoms with Crippen molar-refractivity contribution in [1.29, 1.82) is 0 Å². The minimum Gasteiger partial charge on any atom is -0.497 e. The number of H-pyrrole nitrogens is 1. The zero-order chi connectivity index (χ0) is 31.3. The Labute approximate surface area is 248 Å². The molecule has 2 atom stereocenters. The Hall–Kier alpha value is -3.47. The van der Waals surface area contributed by atoms with Crippen molar-refractivity contribution in [3.05, 3.63) is 34.2 Å². The maximum absolute atomic E-state index is 12.5. The largest absolute Gasteiger partial charge is 0.497 e. The summed E-state index contributed by atoms with van der Waals surface area (Å²) < 4.78 is 9.92. The van der Waals surface area contributed by atoms with E-state index < -0.39 is 6.04 Å². The van der Waals surface area contributed by atoms with E-state index in [-0.39, 0.29) is 35.4 Å². The van der Waals surface area contributed by atoms with Crippen LogP contribution in [-0.2, 0) is 25.5 Å². The van der Waals surface area contributed by atoms with Crippen LogP contribution in [0, 0.1) is 11.3 Å². The molecule has 0 spiro atoms. The number of carbonyl (C=O) groups is 3. The molecule has 0 radical (unpaired) electrons. The summed E-state index contributed by atoms with van der Waals surface area (Å²) in [4.78, 5) is 53.6. The highest BCUT2D eigenvalue weighted by Gasteiger charge is 2.40. The number of benzene rings is 1. The fraction of sp³-hybridized carbons (Fsp3) is 0.645. The molecule has 1 aromatic carbocycles. The number of rotatable bonds is 10. The average Bonchev–Trinajstić information content (AvgIpc) is 3.65. The second-order valence-corrected chi connectivity index (χ2v) is 11.8. The third-order valence-corrected chi connectivity index (χ3v) is 7.60. The topological polar surface area (TPSA) is 151 Å². The van der Waals surface area contributed by atoms with Gasteiger partial charge in [0.05, 0.1) is 31.3 Å². The zero-order valence-corrected chi connectivity index (χ0v) is 25.9. The number of carbonyl (C=O) groups excluding carboxylic acids is 2. The summed E-state index contributed by atoms with van der Waals surface area (Å²) in [6, 6.07) is 4.86. The molecule has 2 heterocycles. The lowest BCUT2D eigenvalue weighted by atomic mass is 9.86. The average molecular weight is 589 g/mol. The molecule has 3 N–H and O–H groups in total. The van der Waals surface area contributed by atoms with Crippen LogP contribution in [0.1, 0.15) is 77.8 Å². The second kappa shape index (κ2) is 16.8. The molecule has 2 fully saturated rings. The highest BCUT2D eigenvalue weighted by Crippen LogP contribution is 2.34. The van der Waals surface area contributed by atoms with E-state index in [0.717, 1.165) is 42.0 Å². The van der Waals surface area contributed by atoms with Crippen LogP contribution in [0.25, 0.3) is 11.0 Å². The molecule has 1 aliphatic heterocycles. The number of aromatic amines is 1. The number of likely N-dealkylation sites (tertiary alicyclic amines) is 1. The van der Waals surface area contributed by atoms with E-state index >= 15 is 0 Å². The minimum absolute atomic E-state index is 0.0158. The van der Waals surface area contributed by atoms with Gasteiger partial charge < -0.3 is 29.8 Å². The Morgan fingerprint density at radius 3 is 2.45 bits per heavy atom. The quantitative estimate of drug-likeness (QED) is 0.213. The van der Waals surface area contributed by atoms with E-state index in [4.69, 9.17) is 19.4 Å². The normalized spacial score (nSPS) is 16.9. The van der Waals surface area contributed by atoms with Crippen LogP contribution >= 0.6 is 0 Å². The number of likely N-dealkylation sites (N-methyl/N-ethyl adjacent to an activating group) is 1. The Bertz CT molecular complexity index is 1220. The fourth-order valence-electron chi connectivity index (χ4n) is 5.21. The first kappa shape index (κ1) is 34.7. The molecular formula is C31H48N4O7. The standard InChI is InChI=1S/C17H22N2O2.C13H24N2O3.CH2O2/c1-21-13-9-10-14-16(11-13)19-17(20)15(18-14)6-4-2-3-5-12-7-8-12;1-13(2,3)10(14-4)11(16)15-8-6-7-9(15)12(17)18-5;2-1-3/h9-12H,2-8H2,1H3,(H,19,20);9-10,14H,6-8H2,1-5H3;1H,(H,2,3). The maximum atomic E-state index is 12.5. The van der Waals surface area contributed by atoms with Crippen LogP contribution in [-0.4, -0.2) is 78.2 Å². The first-order valence-corrected chi connectivity index (χ1v) is 14.7. The van der Waals surface area contributed by atoms with Crippen LogP contribution < -0.4 is 15.6 Å². The second-order valence-electron chi connectivity index (χ2n) is 11.8. The zero-order valence-electron chi connectivity index (χ0n) is 25.9. The van der Waals surface area contributed by atoms with E-state index in [1.54, 1.807) is 19.1 Å². The van der Waals surface area contributed by atoms with Crippen molar-refractivity contribution >= 4 is 29.4 Å². The van der Waals surface area contributed by atoms with E-state index in [2.05, 4.69) is 15.3 Å². The molecule has 1 aromatic heterocycles. The van der Waals surface area contributed by atoms with Gasteiger partial charge in [0, 0.05) is 12.6 Å². The summed E-state index contributed by atoms with van der Waals surface area (Å²) in [7, 11) is 4.75. The Kier molecular flexibility index (Phi) is 13.9. The van der Waals surface area contributed by atoms with Gasteiger partial charge in [-0.15, -0.1) is 0 Å². The number of methoxy groups -OCH3 is 2. The van der Waals surface area contributed by atoms with Gasteiger partial charge in [-0.25, -0.2) is 9.78 Å². The smallest absolute Gasteiger partial charge is 0.328 e. The van der Waals surface area contributed by atoms with Crippen molar-refractivity contribution in [1.82, 2.24) is 20.2 Å². The van der Waals surface area contributed by atoms with E-state index in [0.29, 0.717) is 18.7 Å². The highest BCUT2D eigenvalue weighted by atomic mass is 16.5. The van der Waals surface area contributed by atoms with Gasteiger partial charge >= 0.3 is 5.97 Å². The van der Waals surface area contributed by atoms with Crippen LogP contribution in [0.15, 0.2) is 23.0 Å². The molecule has 2 unspecified atom stereocenters. The number of amides is 1. The lowest BCUT2D eigenvalue weighted by molar-refractivity contribution is -0.152.